The van der Waals surface area contributed by atoms with Crippen molar-refractivity contribution in [2.24, 2.45) is 0 Å². The van der Waals surface area contributed by atoms with Crippen molar-refractivity contribution in [3.63, 3.8) is 0 Å². The summed E-state index contributed by atoms with van der Waals surface area (Å²) in [5, 5.41) is 2.94. The number of hydrogen-bond donors (Lipinski definition) is 1. The maximum absolute atomic E-state index is 12.7. The average molecular weight is 374 g/mol. The Morgan fingerprint density at radius 3 is 2.61 bits per heavy atom. The van der Waals surface area contributed by atoms with Crippen LogP contribution in [0, 0.1) is 6.92 Å². The SMILES string of the molecule is CCCn1c(NC(=O)Cc2nc(-c3ccccc3)oc2C)nc2ccccc21. The zero-order valence-corrected chi connectivity index (χ0v) is 16.0. The molecule has 0 aliphatic rings. The summed E-state index contributed by atoms with van der Waals surface area (Å²) in [6.45, 7) is 4.72. The number of nitrogens with one attached hydrogen (secondary N) is 1. The van der Waals surface area contributed by atoms with Crippen molar-refractivity contribution in [2.75, 3.05) is 5.32 Å². The summed E-state index contributed by atoms with van der Waals surface area (Å²) in [6.07, 6.45) is 1.09. The number of aryl methyl sites for hydroxylation is 2. The Balaban J connectivity index is 1.55. The molecule has 0 fully saturated rings. The smallest absolute Gasteiger partial charge is 0.232 e. The molecule has 2 aromatic carbocycles. The van der Waals surface area contributed by atoms with Crippen LogP contribution in [0.25, 0.3) is 22.5 Å². The average Bonchev–Trinajstić information content (AvgIpc) is 3.23. The van der Waals surface area contributed by atoms with Crippen molar-refractivity contribution in [1.29, 1.82) is 0 Å². The zero-order valence-electron chi connectivity index (χ0n) is 16.0. The molecule has 0 spiro atoms. The maximum Gasteiger partial charge on any atom is 0.232 e. The Bertz CT molecular complexity index is 1110. The van der Waals surface area contributed by atoms with E-state index in [1.54, 1.807) is 0 Å². The van der Waals surface area contributed by atoms with Gasteiger partial charge in [0.2, 0.25) is 17.7 Å². The molecule has 0 saturated heterocycles. The fourth-order valence-corrected chi connectivity index (χ4v) is 3.24. The highest BCUT2D eigenvalue weighted by molar-refractivity contribution is 5.92. The number of carbonyl (C=O) groups is 1. The van der Waals surface area contributed by atoms with Gasteiger partial charge >= 0.3 is 0 Å². The second-order valence-electron chi connectivity index (χ2n) is 6.69. The van der Waals surface area contributed by atoms with Gasteiger partial charge in [-0.25, -0.2) is 9.97 Å². The number of fused-ring (bicyclic) bond motifs is 1. The maximum atomic E-state index is 12.7. The minimum Gasteiger partial charge on any atom is -0.441 e. The first kappa shape index (κ1) is 18.0. The van der Waals surface area contributed by atoms with Gasteiger partial charge in [-0.1, -0.05) is 37.3 Å². The van der Waals surface area contributed by atoms with Crippen LogP contribution in [0.4, 0.5) is 5.95 Å². The van der Waals surface area contributed by atoms with Gasteiger partial charge in [0, 0.05) is 12.1 Å². The predicted molar refractivity (Wildman–Crippen MR) is 109 cm³/mol. The Morgan fingerprint density at radius 1 is 1.07 bits per heavy atom. The van der Waals surface area contributed by atoms with Crippen molar-refractivity contribution < 1.29 is 9.21 Å². The highest BCUT2D eigenvalue weighted by Crippen LogP contribution is 2.23. The lowest BCUT2D eigenvalue weighted by molar-refractivity contribution is -0.115. The summed E-state index contributed by atoms with van der Waals surface area (Å²) in [7, 11) is 0. The van der Waals surface area contributed by atoms with Gasteiger partial charge < -0.3 is 8.98 Å². The van der Waals surface area contributed by atoms with E-state index in [4.69, 9.17) is 4.42 Å². The Kier molecular flexibility index (Phi) is 4.93. The molecule has 0 bridgehead atoms. The van der Waals surface area contributed by atoms with E-state index >= 15 is 0 Å². The van der Waals surface area contributed by atoms with E-state index in [9.17, 15) is 4.79 Å². The normalized spacial score (nSPS) is 11.1. The molecule has 1 N–H and O–H groups in total. The molecule has 2 aromatic heterocycles. The van der Waals surface area contributed by atoms with Crippen molar-refractivity contribution in [2.45, 2.75) is 33.2 Å². The minimum absolute atomic E-state index is 0.136. The molecule has 4 aromatic rings. The number of oxazole rings is 1. The number of hydrogen-bond acceptors (Lipinski definition) is 4. The molecule has 2 heterocycles. The molecule has 0 radical (unpaired) electrons. The van der Waals surface area contributed by atoms with Crippen LogP contribution in [0.15, 0.2) is 59.0 Å². The number of imidazole rings is 1. The lowest BCUT2D eigenvalue weighted by Crippen LogP contribution is -2.18. The van der Waals surface area contributed by atoms with Crippen molar-refractivity contribution in [3.05, 3.63) is 66.1 Å². The van der Waals surface area contributed by atoms with Crippen LogP contribution >= 0.6 is 0 Å². The summed E-state index contributed by atoms with van der Waals surface area (Å²) in [6, 6.07) is 17.6. The van der Waals surface area contributed by atoms with Gasteiger partial charge in [-0.05, 0) is 37.6 Å². The van der Waals surface area contributed by atoms with Gasteiger partial charge in [0.05, 0.1) is 23.1 Å². The number of para-hydroxylation sites is 2. The summed E-state index contributed by atoms with van der Waals surface area (Å²) < 4.78 is 7.79. The molecule has 142 valence electrons. The molecule has 0 unspecified atom stereocenters. The zero-order chi connectivity index (χ0) is 19.5. The van der Waals surface area contributed by atoms with Gasteiger partial charge in [-0.2, -0.15) is 0 Å². The van der Waals surface area contributed by atoms with Crippen molar-refractivity contribution >= 4 is 22.9 Å². The van der Waals surface area contributed by atoms with Crippen LogP contribution in [0.5, 0.6) is 0 Å². The van der Waals surface area contributed by atoms with E-state index in [1.165, 1.54) is 0 Å². The fraction of sp³-hybridized carbons (Fsp3) is 0.227. The third kappa shape index (κ3) is 3.53. The molecular weight excluding hydrogens is 352 g/mol. The Morgan fingerprint density at radius 2 is 1.82 bits per heavy atom. The van der Waals surface area contributed by atoms with Crippen molar-refractivity contribution in [3.8, 4) is 11.5 Å². The highest BCUT2D eigenvalue weighted by Gasteiger charge is 2.17. The van der Waals surface area contributed by atoms with E-state index in [1.807, 2.05) is 66.1 Å². The molecule has 0 saturated carbocycles. The summed E-state index contributed by atoms with van der Waals surface area (Å²) in [4.78, 5) is 21.8. The quantitative estimate of drug-likeness (QED) is 0.536. The first-order chi connectivity index (χ1) is 13.7. The third-order valence-electron chi connectivity index (χ3n) is 4.59. The van der Waals surface area contributed by atoms with Gasteiger partial charge in [0.25, 0.3) is 0 Å². The van der Waals surface area contributed by atoms with Gasteiger partial charge in [0.1, 0.15) is 5.76 Å². The summed E-state index contributed by atoms with van der Waals surface area (Å²) in [5.41, 5.74) is 3.41. The Hall–Kier alpha value is -3.41. The fourth-order valence-electron chi connectivity index (χ4n) is 3.24. The summed E-state index contributed by atoms with van der Waals surface area (Å²) >= 11 is 0. The van der Waals surface area contributed by atoms with Crippen LogP contribution in [0.3, 0.4) is 0 Å². The molecular formula is C22H22N4O2. The van der Waals surface area contributed by atoms with Crippen LogP contribution in [0.2, 0.25) is 0 Å². The Labute approximate surface area is 163 Å². The monoisotopic (exact) mass is 374 g/mol. The number of carbonyl (C=O) groups excluding carboxylic acids is 1. The second kappa shape index (κ2) is 7.68. The van der Waals surface area contributed by atoms with Crippen LogP contribution < -0.4 is 5.32 Å². The van der Waals surface area contributed by atoms with E-state index in [0.29, 0.717) is 23.3 Å². The van der Waals surface area contributed by atoms with E-state index in [2.05, 4.69) is 22.2 Å². The molecule has 0 aliphatic carbocycles. The van der Waals surface area contributed by atoms with Crippen LogP contribution in [0.1, 0.15) is 24.8 Å². The van der Waals surface area contributed by atoms with E-state index < -0.39 is 0 Å². The van der Waals surface area contributed by atoms with Crippen molar-refractivity contribution in [1.82, 2.24) is 14.5 Å². The first-order valence-corrected chi connectivity index (χ1v) is 9.42. The molecule has 6 nitrogen and oxygen atoms in total. The number of aromatic nitrogens is 3. The largest absolute Gasteiger partial charge is 0.441 e. The van der Waals surface area contributed by atoms with Gasteiger partial charge in [-0.3, -0.25) is 10.1 Å². The number of benzene rings is 2. The molecule has 1 amide bonds. The number of nitrogens with zero attached hydrogens (tertiary/aromatic N) is 3. The topological polar surface area (TPSA) is 73.0 Å². The summed E-state index contributed by atoms with van der Waals surface area (Å²) in [5.74, 6) is 1.58. The highest BCUT2D eigenvalue weighted by atomic mass is 16.4. The molecule has 4 rings (SSSR count). The van der Waals surface area contributed by atoms with Gasteiger partial charge in [0.15, 0.2) is 0 Å². The standard InChI is InChI=1S/C22H22N4O2/c1-3-13-26-19-12-8-7-11-17(19)24-22(26)25-20(27)14-18-15(2)28-21(23-18)16-9-5-4-6-10-16/h4-12H,3,13-14H2,1-2H3,(H,24,25,27). The minimum atomic E-state index is -0.163. The predicted octanol–water partition coefficient (Wildman–Crippen LogP) is 4.59. The van der Waals surface area contributed by atoms with Gasteiger partial charge in [-0.15, -0.1) is 0 Å². The molecule has 28 heavy (non-hydrogen) atoms. The van der Waals surface area contributed by atoms with E-state index in [-0.39, 0.29) is 12.3 Å². The number of anilines is 1. The lowest BCUT2D eigenvalue weighted by atomic mass is 10.2. The number of rotatable bonds is 6. The molecule has 6 heteroatoms. The van der Waals surface area contributed by atoms with Crippen LogP contribution in [-0.4, -0.2) is 20.4 Å². The number of amides is 1. The first-order valence-electron chi connectivity index (χ1n) is 9.42. The molecule has 0 atom stereocenters. The lowest BCUT2D eigenvalue weighted by Gasteiger charge is -2.08. The third-order valence-corrected chi connectivity index (χ3v) is 4.59. The second-order valence-corrected chi connectivity index (χ2v) is 6.69. The van der Waals surface area contributed by atoms with Crippen LogP contribution in [-0.2, 0) is 17.8 Å². The van der Waals surface area contributed by atoms with E-state index in [0.717, 1.165) is 29.6 Å². The molecule has 0 aliphatic heterocycles.